The zero-order valence-corrected chi connectivity index (χ0v) is 10.8. The molecule has 6 heteroatoms. The minimum atomic E-state index is -2.90. The van der Waals surface area contributed by atoms with Gasteiger partial charge in [0.25, 0.3) is 0 Å². The number of nitrogens with zero attached hydrogens (tertiary/aromatic N) is 2. The lowest BCUT2D eigenvalue weighted by Crippen LogP contribution is -2.09. The molecule has 1 aromatic heterocycles. The molecule has 88 valence electrons. The monoisotopic (exact) mass is 260 g/mol. The van der Waals surface area contributed by atoms with E-state index in [-0.39, 0.29) is 17.4 Å². The van der Waals surface area contributed by atoms with E-state index in [1.54, 1.807) is 0 Å². The van der Waals surface area contributed by atoms with E-state index in [4.69, 9.17) is 11.6 Å². The zero-order valence-electron chi connectivity index (χ0n) is 9.20. The highest BCUT2D eigenvalue weighted by molar-refractivity contribution is 7.91. The number of rotatable bonds is 1. The highest BCUT2D eigenvalue weighted by Gasteiger charge is 2.31. The molecule has 1 atom stereocenters. The number of hydrogen-bond acceptors (Lipinski definition) is 4. The fourth-order valence-electron chi connectivity index (χ4n) is 1.80. The van der Waals surface area contributed by atoms with Gasteiger partial charge >= 0.3 is 0 Å². The van der Waals surface area contributed by atoms with Crippen LogP contribution in [-0.4, -0.2) is 29.9 Å². The van der Waals surface area contributed by atoms with Crippen molar-refractivity contribution in [1.82, 2.24) is 9.97 Å². The molecule has 0 saturated carbocycles. The van der Waals surface area contributed by atoms with Crippen molar-refractivity contribution >= 4 is 21.4 Å². The van der Waals surface area contributed by atoms with E-state index >= 15 is 0 Å². The van der Waals surface area contributed by atoms with E-state index in [0.717, 1.165) is 11.3 Å². The summed E-state index contributed by atoms with van der Waals surface area (Å²) in [5.74, 6) is 0.841. The first-order valence-electron chi connectivity index (χ1n) is 5.10. The van der Waals surface area contributed by atoms with E-state index in [1.165, 1.54) is 0 Å². The molecule has 4 nitrogen and oxygen atoms in total. The molecule has 2 rings (SSSR count). The Morgan fingerprint density at radius 1 is 1.31 bits per heavy atom. The minimum Gasteiger partial charge on any atom is -0.238 e. The van der Waals surface area contributed by atoms with E-state index in [9.17, 15) is 8.42 Å². The van der Waals surface area contributed by atoms with Crippen LogP contribution >= 0.6 is 11.6 Å². The van der Waals surface area contributed by atoms with Crippen LogP contribution in [0.5, 0.6) is 0 Å². The zero-order chi connectivity index (χ0) is 11.9. The highest BCUT2D eigenvalue weighted by atomic mass is 35.5. The molecule has 1 aliphatic rings. The third-order valence-corrected chi connectivity index (χ3v) is 5.08. The summed E-state index contributed by atoms with van der Waals surface area (Å²) in [7, 11) is -2.90. The summed E-state index contributed by atoms with van der Waals surface area (Å²) >= 11 is 5.97. The van der Waals surface area contributed by atoms with E-state index in [2.05, 4.69) is 9.97 Å². The van der Waals surface area contributed by atoms with Gasteiger partial charge in [-0.2, -0.15) is 0 Å². The molecule has 1 fully saturated rings. The van der Waals surface area contributed by atoms with Crippen LogP contribution in [0.15, 0.2) is 0 Å². The van der Waals surface area contributed by atoms with Gasteiger partial charge < -0.3 is 0 Å². The Bertz CT molecular complexity index is 505. The lowest BCUT2D eigenvalue weighted by molar-refractivity contribution is 0.601. The maximum absolute atomic E-state index is 11.4. The second-order valence-electron chi connectivity index (χ2n) is 4.18. The lowest BCUT2D eigenvalue weighted by atomic mass is 10.1. The summed E-state index contributed by atoms with van der Waals surface area (Å²) in [6, 6.07) is 0. The van der Waals surface area contributed by atoms with Crippen molar-refractivity contribution in [3.05, 3.63) is 22.2 Å². The van der Waals surface area contributed by atoms with Crippen molar-refractivity contribution in [2.24, 2.45) is 0 Å². The van der Waals surface area contributed by atoms with Crippen molar-refractivity contribution in [3.63, 3.8) is 0 Å². The summed E-state index contributed by atoms with van der Waals surface area (Å²) in [5.41, 5.74) is 1.67. The minimum absolute atomic E-state index is 0.0956. The lowest BCUT2D eigenvalue weighted by Gasteiger charge is -2.09. The van der Waals surface area contributed by atoms with Crippen LogP contribution in [0.25, 0.3) is 0 Å². The summed E-state index contributed by atoms with van der Waals surface area (Å²) in [4.78, 5) is 8.49. The highest BCUT2D eigenvalue weighted by Crippen LogP contribution is 2.28. The van der Waals surface area contributed by atoms with Crippen molar-refractivity contribution < 1.29 is 8.42 Å². The third-order valence-electron chi connectivity index (χ3n) is 2.94. The second kappa shape index (κ2) is 3.96. The smallest absolute Gasteiger partial charge is 0.151 e. The number of aryl methyl sites for hydroxylation is 1. The van der Waals surface area contributed by atoms with Gasteiger partial charge in [0.2, 0.25) is 0 Å². The molecule has 0 N–H and O–H groups in total. The number of sulfone groups is 1. The van der Waals surface area contributed by atoms with Crippen LogP contribution in [0, 0.1) is 13.8 Å². The van der Waals surface area contributed by atoms with Crippen LogP contribution in [-0.2, 0) is 9.84 Å². The van der Waals surface area contributed by atoms with Gasteiger partial charge in [-0.15, -0.1) is 0 Å². The maximum atomic E-state index is 11.4. The Morgan fingerprint density at radius 3 is 2.50 bits per heavy atom. The normalized spacial score (nSPS) is 23.6. The molecule has 0 aliphatic carbocycles. The molecule has 16 heavy (non-hydrogen) atoms. The van der Waals surface area contributed by atoms with Crippen LogP contribution < -0.4 is 0 Å². The Balaban J connectivity index is 2.36. The maximum Gasteiger partial charge on any atom is 0.151 e. The van der Waals surface area contributed by atoms with Crippen LogP contribution in [0.1, 0.15) is 29.4 Å². The van der Waals surface area contributed by atoms with Gasteiger partial charge in [0, 0.05) is 17.2 Å². The van der Waals surface area contributed by atoms with Crippen molar-refractivity contribution in [2.75, 3.05) is 11.5 Å². The standard InChI is InChI=1S/C10H13ClN2O2S/c1-6-7(2)12-10(13-9(6)11)8-3-4-16(14,15)5-8/h8H,3-5H2,1-2H3. The van der Waals surface area contributed by atoms with Gasteiger partial charge in [0.05, 0.1) is 11.5 Å². The number of halogens is 1. The molecule has 2 heterocycles. The van der Waals surface area contributed by atoms with Crippen molar-refractivity contribution in [1.29, 1.82) is 0 Å². The van der Waals surface area contributed by atoms with E-state index in [1.807, 2.05) is 13.8 Å². The Morgan fingerprint density at radius 2 is 2.00 bits per heavy atom. The van der Waals surface area contributed by atoms with Crippen LogP contribution in [0.3, 0.4) is 0 Å². The van der Waals surface area contributed by atoms with Gasteiger partial charge in [-0.3, -0.25) is 0 Å². The average Bonchev–Trinajstić information content (AvgIpc) is 2.54. The summed E-state index contributed by atoms with van der Waals surface area (Å²) < 4.78 is 22.7. The van der Waals surface area contributed by atoms with E-state index < -0.39 is 9.84 Å². The Labute approximate surface area is 100.0 Å². The Hall–Kier alpha value is -0.680. The quantitative estimate of drug-likeness (QED) is 0.721. The first-order valence-corrected chi connectivity index (χ1v) is 7.30. The molecule has 0 aromatic carbocycles. The van der Waals surface area contributed by atoms with Crippen LogP contribution in [0.2, 0.25) is 5.15 Å². The third kappa shape index (κ3) is 2.20. The van der Waals surface area contributed by atoms with Gasteiger partial charge in [-0.1, -0.05) is 11.6 Å². The Kier molecular flexibility index (Phi) is 2.92. The SMILES string of the molecule is Cc1nc(C2CCS(=O)(=O)C2)nc(Cl)c1C. The molecule has 1 unspecified atom stereocenters. The van der Waals surface area contributed by atoms with Crippen LogP contribution in [0.4, 0.5) is 0 Å². The topological polar surface area (TPSA) is 59.9 Å². The fourth-order valence-corrected chi connectivity index (χ4v) is 3.76. The predicted octanol–water partition coefficient (Wildman–Crippen LogP) is 1.65. The molecular formula is C10H13ClN2O2S. The molecule has 0 radical (unpaired) electrons. The van der Waals surface area contributed by atoms with Gasteiger partial charge in [-0.05, 0) is 20.3 Å². The second-order valence-corrected chi connectivity index (χ2v) is 6.77. The molecule has 0 bridgehead atoms. The molecule has 1 aromatic rings. The van der Waals surface area contributed by atoms with Crippen molar-refractivity contribution in [3.8, 4) is 0 Å². The van der Waals surface area contributed by atoms with E-state index in [0.29, 0.717) is 17.4 Å². The molecule has 0 amide bonds. The van der Waals surface area contributed by atoms with Crippen molar-refractivity contribution in [2.45, 2.75) is 26.2 Å². The molecule has 1 aliphatic heterocycles. The number of aromatic nitrogens is 2. The number of hydrogen-bond donors (Lipinski definition) is 0. The molecule has 1 saturated heterocycles. The first kappa shape index (κ1) is 11.8. The summed E-state index contributed by atoms with van der Waals surface area (Å²) in [6.07, 6.45) is 0.598. The molecular weight excluding hydrogens is 248 g/mol. The van der Waals surface area contributed by atoms with Gasteiger partial charge in [0.15, 0.2) is 9.84 Å². The molecule has 0 spiro atoms. The first-order chi connectivity index (χ1) is 7.39. The average molecular weight is 261 g/mol. The fraction of sp³-hybridized carbons (Fsp3) is 0.600. The summed E-state index contributed by atoms with van der Waals surface area (Å²) in [5, 5.41) is 0.423. The van der Waals surface area contributed by atoms with Gasteiger partial charge in [0.1, 0.15) is 11.0 Å². The summed E-state index contributed by atoms with van der Waals surface area (Å²) in [6.45, 7) is 3.71. The van der Waals surface area contributed by atoms with Gasteiger partial charge in [-0.25, -0.2) is 18.4 Å². The predicted molar refractivity (Wildman–Crippen MR) is 62.5 cm³/mol. The largest absolute Gasteiger partial charge is 0.238 e.